The fourth-order valence-electron chi connectivity index (χ4n) is 1.04. The number of Topliss-reactive ketones (excluding diaryl/α,β-unsaturated/α-hetero) is 1. The Morgan fingerprint density at radius 3 is 2.29 bits per heavy atom. The van der Waals surface area contributed by atoms with Gasteiger partial charge in [0, 0.05) is 16.7 Å². The monoisotopic (exact) mass is 190 g/mol. The van der Waals surface area contributed by atoms with Crippen molar-refractivity contribution < 1.29 is 19.2 Å². The van der Waals surface area contributed by atoms with Crippen molar-refractivity contribution >= 4 is 24.6 Å². The minimum absolute atomic E-state index is 0.0144. The van der Waals surface area contributed by atoms with Gasteiger partial charge >= 0.3 is 0 Å². The second-order valence-corrected chi connectivity index (χ2v) is 2.56. The van der Waals surface area contributed by atoms with Crippen molar-refractivity contribution in [1.82, 2.24) is 0 Å². The van der Waals surface area contributed by atoms with Gasteiger partial charge in [0.1, 0.15) is 6.29 Å². The van der Waals surface area contributed by atoms with Crippen LogP contribution in [0.15, 0.2) is 18.2 Å². The number of benzene rings is 1. The van der Waals surface area contributed by atoms with Crippen LogP contribution in [0.2, 0.25) is 0 Å². The maximum Gasteiger partial charge on any atom is 0.226 e. The molecule has 0 N–H and O–H groups in total. The van der Waals surface area contributed by atoms with Crippen LogP contribution in [0.5, 0.6) is 0 Å². The molecular formula is C10H6O4. The fraction of sp³-hybridized carbons (Fsp3) is 0. The van der Waals surface area contributed by atoms with Crippen LogP contribution >= 0.6 is 0 Å². The summed E-state index contributed by atoms with van der Waals surface area (Å²) < 4.78 is 0. The fourth-order valence-corrected chi connectivity index (χ4v) is 1.04. The molecule has 0 radical (unpaired) electrons. The molecule has 0 aromatic heterocycles. The smallest absolute Gasteiger partial charge is 0.226 e. The summed E-state index contributed by atoms with van der Waals surface area (Å²) >= 11 is 0. The first kappa shape index (κ1) is 9.98. The van der Waals surface area contributed by atoms with Gasteiger partial charge in [-0.3, -0.25) is 19.2 Å². The lowest BCUT2D eigenvalue weighted by Gasteiger charge is -1.99. The highest BCUT2D eigenvalue weighted by molar-refractivity contribution is 6.34. The molecule has 0 atom stereocenters. The van der Waals surface area contributed by atoms with Gasteiger partial charge in [-0.1, -0.05) is 6.07 Å². The van der Waals surface area contributed by atoms with Crippen molar-refractivity contribution in [2.45, 2.75) is 0 Å². The summed E-state index contributed by atoms with van der Waals surface area (Å²) in [5, 5.41) is 0. The third kappa shape index (κ3) is 1.80. The molecule has 70 valence electrons. The molecule has 0 heterocycles. The number of carbonyl (C=O) groups excluding carboxylic acids is 4. The van der Waals surface area contributed by atoms with Gasteiger partial charge in [0.2, 0.25) is 5.78 Å². The van der Waals surface area contributed by atoms with Crippen molar-refractivity contribution in [3.05, 3.63) is 34.9 Å². The third-order valence-electron chi connectivity index (χ3n) is 1.71. The minimum atomic E-state index is -0.774. The van der Waals surface area contributed by atoms with Crippen LogP contribution in [-0.2, 0) is 4.79 Å². The van der Waals surface area contributed by atoms with E-state index in [9.17, 15) is 19.2 Å². The SMILES string of the molecule is O=CC(=O)c1ccc(C=O)cc1C=O. The topological polar surface area (TPSA) is 68.3 Å². The molecule has 14 heavy (non-hydrogen) atoms. The molecule has 0 saturated heterocycles. The maximum absolute atomic E-state index is 11.0. The van der Waals surface area contributed by atoms with Gasteiger partial charge in [-0.2, -0.15) is 0 Å². The Morgan fingerprint density at radius 2 is 1.79 bits per heavy atom. The van der Waals surface area contributed by atoms with Gasteiger partial charge in [0.05, 0.1) is 0 Å². The number of carbonyl (C=O) groups is 4. The number of ketones is 1. The third-order valence-corrected chi connectivity index (χ3v) is 1.71. The van der Waals surface area contributed by atoms with E-state index in [-0.39, 0.29) is 23.0 Å². The Balaban J connectivity index is 3.31. The Morgan fingerprint density at radius 1 is 1.07 bits per heavy atom. The van der Waals surface area contributed by atoms with Gasteiger partial charge in [-0.05, 0) is 12.1 Å². The summed E-state index contributed by atoms with van der Waals surface area (Å²) in [6, 6.07) is 3.91. The molecule has 4 heteroatoms. The molecule has 1 aromatic carbocycles. The Labute approximate surface area is 79.5 Å². The molecule has 0 aliphatic heterocycles. The molecule has 4 nitrogen and oxygen atoms in total. The van der Waals surface area contributed by atoms with Crippen molar-refractivity contribution in [3.8, 4) is 0 Å². The first-order valence-corrected chi connectivity index (χ1v) is 3.77. The van der Waals surface area contributed by atoms with Crippen LogP contribution in [0.25, 0.3) is 0 Å². The molecule has 0 fully saturated rings. The van der Waals surface area contributed by atoms with E-state index < -0.39 is 5.78 Å². The summed E-state index contributed by atoms with van der Waals surface area (Å²) in [7, 11) is 0. The molecule has 0 aliphatic carbocycles. The second-order valence-electron chi connectivity index (χ2n) is 2.56. The van der Waals surface area contributed by atoms with E-state index in [1.807, 2.05) is 0 Å². The second kappa shape index (κ2) is 4.23. The molecule has 0 bridgehead atoms. The van der Waals surface area contributed by atoms with E-state index in [2.05, 4.69) is 0 Å². The van der Waals surface area contributed by atoms with E-state index in [1.165, 1.54) is 18.2 Å². The van der Waals surface area contributed by atoms with Crippen LogP contribution < -0.4 is 0 Å². The number of hydrogen-bond acceptors (Lipinski definition) is 4. The maximum atomic E-state index is 11.0. The summed E-state index contributed by atoms with van der Waals surface area (Å²) in [6.45, 7) is 0. The van der Waals surface area contributed by atoms with Crippen LogP contribution in [0.1, 0.15) is 31.1 Å². The van der Waals surface area contributed by atoms with Crippen molar-refractivity contribution in [2.75, 3.05) is 0 Å². The number of aldehydes is 3. The van der Waals surface area contributed by atoms with Crippen molar-refractivity contribution in [1.29, 1.82) is 0 Å². The molecule has 1 rings (SSSR count). The van der Waals surface area contributed by atoms with Gasteiger partial charge in [0.25, 0.3) is 0 Å². The zero-order chi connectivity index (χ0) is 10.6. The molecule has 0 amide bonds. The lowest BCUT2D eigenvalue weighted by molar-refractivity contribution is -0.104. The van der Waals surface area contributed by atoms with E-state index in [4.69, 9.17) is 0 Å². The van der Waals surface area contributed by atoms with Gasteiger partial charge < -0.3 is 0 Å². The predicted molar refractivity (Wildman–Crippen MR) is 47.6 cm³/mol. The van der Waals surface area contributed by atoms with Gasteiger partial charge in [0.15, 0.2) is 12.6 Å². The largest absolute Gasteiger partial charge is 0.298 e. The highest BCUT2D eigenvalue weighted by Crippen LogP contribution is 2.09. The van der Waals surface area contributed by atoms with Crippen LogP contribution in [0, 0.1) is 0 Å². The van der Waals surface area contributed by atoms with E-state index in [0.29, 0.717) is 12.6 Å². The number of hydrogen-bond donors (Lipinski definition) is 0. The molecule has 0 unspecified atom stereocenters. The highest BCUT2D eigenvalue weighted by Gasteiger charge is 2.10. The van der Waals surface area contributed by atoms with E-state index in [0.717, 1.165) is 0 Å². The summed E-state index contributed by atoms with van der Waals surface area (Å²) in [6.07, 6.45) is 1.12. The molecule has 1 aromatic rings. The molecule has 0 saturated carbocycles. The first-order valence-electron chi connectivity index (χ1n) is 3.77. The normalized spacial score (nSPS) is 9.14. The molecular weight excluding hydrogens is 184 g/mol. The van der Waals surface area contributed by atoms with Gasteiger partial charge in [-0.25, -0.2) is 0 Å². The molecule has 0 spiro atoms. The standard InChI is InChI=1S/C10H6O4/c11-4-7-1-2-9(10(14)6-13)8(3-7)5-12/h1-6H. The lowest BCUT2D eigenvalue weighted by Crippen LogP contribution is -2.04. The Hall–Kier alpha value is -2.10. The predicted octanol–water partition coefficient (Wildman–Crippen LogP) is 0.693. The zero-order valence-electron chi connectivity index (χ0n) is 7.10. The van der Waals surface area contributed by atoms with E-state index in [1.54, 1.807) is 0 Å². The average molecular weight is 190 g/mol. The summed E-state index contributed by atoms with van der Waals surface area (Å²) in [4.78, 5) is 42.1. The summed E-state index contributed by atoms with van der Waals surface area (Å²) in [5.74, 6) is -0.774. The van der Waals surface area contributed by atoms with Gasteiger partial charge in [-0.15, -0.1) is 0 Å². The van der Waals surface area contributed by atoms with E-state index >= 15 is 0 Å². The zero-order valence-corrected chi connectivity index (χ0v) is 7.10. The van der Waals surface area contributed by atoms with Crippen molar-refractivity contribution in [3.63, 3.8) is 0 Å². The summed E-state index contributed by atoms with van der Waals surface area (Å²) in [5.41, 5.74) is 0.349. The molecule has 0 aliphatic rings. The average Bonchev–Trinajstić information content (AvgIpc) is 2.27. The Kier molecular flexibility index (Phi) is 3.01. The lowest BCUT2D eigenvalue weighted by atomic mass is 10.0. The first-order chi connectivity index (χ1) is 6.72. The number of rotatable bonds is 4. The minimum Gasteiger partial charge on any atom is -0.298 e. The van der Waals surface area contributed by atoms with Crippen molar-refractivity contribution in [2.24, 2.45) is 0 Å². The Bertz CT molecular complexity index is 407. The highest BCUT2D eigenvalue weighted by atomic mass is 16.2. The quantitative estimate of drug-likeness (QED) is 0.398. The van der Waals surface area contributed by atoms with Crippen LogP contribution in [0.3, 0.4) is 0 Å². The van der Waals surface area contributed by atoms with Crippen LogP contribution in [0.4, 0.5) is 0 Å². The van der Waals surface area contributed by atoms with Crippen LogP contribution in [-0.4, -0.2) is 24.6 Å².